The lowest BCUT2D eigenvalue weighted by Gasteiger charge is -2.30. The van der Waals surface area contributed by atoms with Crippen LogP contribution < -0.4 is 11.1 Å². The predicted molar refractivity (Wildman–Crippen MR) is 81.7 cm³/mol. The van der Waals surface area contributed by atoms with Crippen molar-refractivity contribution in [1.82, 2.24) is 15.1 Å². The number of rotatable bonds is 2. The van der Waals surface area contributed by atoms with Gasteiger partial charge in [0.1, 0.15) is 0 Å². The standard InChI is InChI=1S/C14H24N4O.ClH/c1-14(2,3)12(15)13(19)17-10-6-5-7-11-9(10)8-16-18(11)4;/h8,10,12H,5-7,15H2,1-4H3,(H,17,19);1H/t10?,12-;/m1./s1. The summed E-state index contributed by atoms with van der Waals surface area (Å²) in [6.45, 7) is 5.94. The molecule has 0 saturated heterocycles. The van der Waals surface area contributed by atoms with Crippen LogP contribution in [0.2, 0.25) is 0 Å². The summed E-state index contributed by atoms with van der Waals surface area (Å²) in [7, 11) is 1.95. The average molecular weight is 301 g/mol. The molecule has 0 bridgehead atoms. The number of nitrogens with zero attached hydrogens (tertiary/aromatic N) is 2. The summed E-state index contributed by atoms with van der Waals surface area (Å²) in [6.07, 6.45) is 4.93. The number of nitrogens with two attached hydrogens (primary N) is 1. The summed E-state index contributed by atoms with van der Waals surface area (Å²) in [6, 6.07) is -0.437. The molecule has 114 valence electrons. The molecule has 1 aromatic heterocycles. The molecule has 1 aliphatic rings. The largest absolute Gasteiger partial charge is 0.348 e. The number of aryl methyl sites for hydroxylation is 1. The normalized spacial score (nSPS) is 19.8. The van der Waals surface area contributed by atoms with Gasteiger partial charge in [-0.1, -0.05) is 20.8 Å². The first-order valence-electron chi connectivity index (χ1n) is 6.87. The van der Waals surface area contributed by atoms with Gasteiger partial charge in [-0.05, 0) is 24.7 Å². The Kier molecular flexibility index (Phi) is 5.21. The number of carbonyl (C=O) groups is 1. The summed E-state index contributed by atoms with van der Waals surface area (Å²) < 4.78 is 1.90. The first-order valence-corrected chi connectivity index (χ1v) is 6.87. The first kappa shape index (κ1) is 17.0. The van der Waals surface area contributed by atoms with E-state index >= 15 is 0 Å². The molecule has 1 unspecified atom stereocenters. The summed E-state index contributed by atoms with van der Waals surface area (Å²) in [5.41, 5.74) is 8.14. The van der Waals surface area contributed by atoms with Crippen molar-refractivity contribution in [2.75, 3.05) is 0 Å². The number of nitrogens with one attached hydrogen (secondary N) is 1. The fourth-order valence-electron chi connectivity index (χ4n) is 2.51. The van der Waals surface area contributed by atoms with Crippen molar-refractivity contribution in [2.24, 2.45) is 18.2 Å². The van der Waals surface area contributed by atoms with Crippen molar-refractivity contribution in [3.8, 4) is 0 Å². The van der Waals surface area contributed by atoms with Gasteiger partial charge in [-0.15, -0.1) is 12.4 Å². The van der Waals surface area contributed by atoms with E-state index in [-0.39, 0.29) is 29.8 Å². The molecule has 1 heterocycles. The Bertz CT molecular complexity index is 478. The molecule has 0 radical (unpaired) electrons. The van der Waals surface area contributed by atoms with E-state index in [1.165, 1.54) is 5.69 Å². The van der Waals surface area contributed by atoms with Crippen LogP contribution in [0.3, 0.4) is 0 Å². The second-order valence-corrected chi connectivity index (χ2v) is 6.47. The highest BCUT2D eigenvalue weighted by molar-refractivity contribution is 5.85. The number of halogens is 1. The van der Waals surface area contributed by atoms with Crippen molar-refractivity contribution < 1.29 is 4.79 Å². The number of carbonyl (C=O) groups excluding carboxylic acids is 1. The predicted octanol–water partition coefficient (Wildman–Crippen LogP) is 1.71. The van der Waals surface area contributed by atoms with E-state index < -0.39 is 6.04 Å². The molecule has 6 heteroatoms. The zero-order chi connectivity index (χ0) is 14.2. The molecule has 1 aromatic rings. The van der Waals surface area contributed by atoms with Crippen LogP contribution in [0.1, 0.15) is 50.9 Å². The minimum atomic E-state index is -0.491. The lowest BCUT2D eigenvalue weighted by molar-refractivity contribution is -0.125. The van der Waals surface area contributed by atoms with E-state index in [4.69, 9.17) is 5.73 Å². The number of hydrogen-bond donors (Lipinski definition) is 2. The van der Waals surface area contributed by atoms with Gasteiger partial charge in [0.05, 0.1) is 18.3 Å². The Labute approximate surface area is 126 Å². The quantitative estimate of drug-likeness (QED) is 0.873. The number of amides is 1. The van der Waals surface area contributed by atoms with Crippen molar-refractivity contribution in [3.63, 3.8) is 0 Å². The zero-order valence-electron chi connectivity index (χ0n) is 12.6. The molecule has 20 heavy (non-hydrogen) atoms. The monoisotopic (exact) mass is 300 g/mol. The third kappa shape index (κ3) is 3.33. The van der Waals surface area contributed by atoms with Crippen LogP contribution in [0.5, 0.6) is 0 Å². The minimum absolute atomic E-state index is 0. The van der Waals surface area contributed by atoms with Crippen LogP contribution in [-0.4, -0.2) is 21.7 Å². The molecule has 0 aromatic carbocycles. The topological polar surface area (TPSA) is 72.9 Å². The van der Waals surface area contributed by atoms with Crippen LogP contribution in [0.15, 0.2) is 6.20 Å². The molecule has 0 spiro atoms. The van der Waals surface area contributed by atoms with Gasteiger partial charge in [-0.2, -0.15) is 5.10 Å². The highest BCUT2D eigenvalue weighted by Gasteiger charge is 2.31. The molecule has 1 aliphatic carbocycles. The van der Waals surface area contributed by atoms with Gasteiger partial charge >= 0.3 is 0 Å². The van der Waals surface area contributed by atoms with Gasteiger partial charge in [0.15, 0.2) is 0 Å². The van der Waals surface area contributed by atoms with Crippen LogP contribution in [0.25, 0.3) is 0 Å². The van der Waals surface area contributed by atoms with E-state index in [9.17, 15) is 4.79 Å². The SMILES string of the molecule is Cl.Cn1ncc2c1CCCC2NC(=O)[C@@H](N)C(C)(C)C. The number of fused-ring (bicyclic) bond motifs is 1. The highest BCUT2D eigenvalue weighted by Crippen LogP contribution is 2.29. The molecule has 1 amide bonds. The lowest BCUT2D eigenvalue weighted by atomic mass is 9.86. The summed E-state index contributed by atoms with van der Waals surface area (Å²) in [5, 5.41) is 7.36. The van der Waals surface area contributed by atoms with Crippen molar-refractivity contribution in [3.05, 3.63) is 17.5 Å². The molecule has 2 atom stereocenters. The van der Waals surface area contributed by atoms with Crippen molar-refractivity contribution in [2.45, 2.75) is 52.1 Å². The Morgan fingerprint density at radius 2 is 2.20 bits per heavy atom. The minimum Gasteiger partial charge on any atom is -0.348 e. The maximum atomic E-state index is 12.2. The maximum absolute atomic E-state index is 12.2. The molecule has 3 N–H and O–H groups in total. The summed E-state index contributed by atoms with van der Waals surface area (Å²) in [4.78, 5) is 12.2. The summed E-state index contributed by atoms with van der Waals surface area (Å²) in [5.74, 6) is -0.0748. The number of aromatic nitrogens is 2. The highest BCUT2D eigenvalue weighted by atomic mass is 35.5. The Morgan fingerprint density at radius 3 is 2.80 bits per heavy atom. The molecule has 0 saturated carbocycles. The Balaban J connectivity index is 0.00000200. The van der Waals surface area contributed by atoms with Gasteiger partial charge in [-0.25, -0.2) is 0 Å². The smallest absolute Gasteiger partial charge is 0.237 e. The van der Waals surface area contributed by atoms with E-state index in [2.05, 4.69) is 10.4 Å². The second-order valence-electron chi connectivity index (χ2n) is 6.47. The van der Waals surface area contributed by atoms with E-state index in [1.54, 1.807) is 0 Å². The van der Waals surface area contributed by atoms with E-state index in [0.717, 1.165) is 24.8 Å². The fourth-order valence-corrected chi connectivity index (χ4v) is 2.51. The van der Waals surface area contributed by atoms with Gasteiger partial charge in [-0.3, -0.25) is 9.48 Å². The van der Waals surface area contributed by atoms with Crippen LogP contribution in [0.4, 0.5) is 0 Å². The molecular weight excluding hydrogens is 276 g/mol. The summed E-state index contributed by atoms with van der Waals surface area (Å²) >= 11 is 0. The zero-order valence-corrected chi connectivity index (χ0v) is 13.5. The van der Waals surface area contributed by atoms with Gasteiger partial charge in [0, 0.05) is 18.3 Å². The maximum Gasteiger partial charge on any atom is 0.237 e. The second kappa shape index (κ2) is 6.14. The van der Waals surface area contributed by atoms with Gasteiger partial charge in [0.2, 0.25) is 5.91 Å². The average Bonchev–Trinajstić information content (AvgIpc) is 2.70. The van der Waals surface area contributed by atoms with Crippen LogP contribution in [0, 0.1) is 5.41 Å². The Morgan fingerprint density at radius 1 is 1.55 bits per heavy atom. The fraction of sp³-hybridized carbons (Fsp3) is 0.714. The van der Waals surface area contributed by atoms with E-state index in [1.807, 2.05) is 38.7 Å². The van der Waals surface area contributed by atoms with Crippen LogP contribution >= 0.6 is 12.4 Å². The van der Waals surface area contributed by atoms with Crippen LogP contribution in [-0.2, 0) is 18.3 Å². The molecule has 0 fully saturated rings. The van der Waals surface area contributed by atoms with Crippen molar-refractivity contribution in [1.29, 1.82) is 0 Å². The third-order valence-electron chi connectivity index (χ3n) is 3.91. The molecular formula is C14H25ClN4O. The number of hydrogen-bond acceptors (Lipinski definition) is 3. The molecule has 5 nitrogen and oxygen atoms in total. The Hall–Kier alpha value is -1.07. The molecule has 0 aliphatic heterocycles. The third-order valence-corrected chi connectivity index (χ3v) is 3.91. The lowest BCUT2D eigenvalue weighted by Crippen LogP contribution is -2.49. The van der Waals surface area contributed by atoms with Crippen molar-refractivity contribution >= 4 is 18.3 Å². The van der Waals surface area contributed by atoms with Gasteiger partial charge in [0.25, 0.3) is 0 Å². The molecule has 2 rings (SSSR count). The van der Waals surface area contributed by atoms with Gasteiger partial charge < -0.3 is 11.1 Å². The first-order chi connectivity index (χ1) is 8.80. The van der Waals surface area contributed by atoms with E-state index in [0.29, 0.717) is 0 Å².